The Morgan fingerprint density at radius 2 is 1.79 bits per heavy atom. The fraction of sp³-hybridized carbons (Fsp3) is 0.586. The Labute approximate surface area is 233 Å². The minimum absolute atomic E-state index is 0.101. The number of hydrogen-bond acceptors (Lipinski definition) is 9. The molecule has 1 saturated heterocycles. The van der Waals surface area contributed by atoms with E-state index in [1.54, 1.807) is 6.07 Å². The quantitative estimate of drug-likeness (QED) is 0.155. The third-order valence-electron chi connectivity index (χ3n) is 7.15. The number of unbranched alkanes of at least 4 members (excludes halogenated alkanes) is 2. The molecule has 5 N–H and O–H groups in total. The number of thiophene rings is 1. The van der Waals surface area contributed by atoms with Crippen LogP contribution in [0.4, 0.5) is 5.69 Å². The molecule has 1 aromatic heterocycles. The van der Waals surface area contributed by atoms with Crippen LogP contribution in [0.2, 0.25) is 0 Å². The Hall–Kier alpha value is -2.34. The molecular formula is C29H41NO8S. The van der Waals surface area contributed by atoms with Crippen molar-refractivity contribution in [3.05, 3.63) is 51.7 Å². The first-order valence-corrected chi connectivity index (χ1v) is 14.6. The normalized spacial score (nSPS) is 18.7. The monoisotopic (exact) mass is 563 g/mol. The SMILES string of the molecule is CCCCC[C@H](O)c1ccc(N2C(=O)CC[C@@H]2CCCc2ccc(C(=O)OCC(O)C(O)C(O)CO)s2)cc1. The number of nitrogens with zero attached hydrogens (tertiary/aromatic N) is 1. The predicted molar refractivity (Wildman–Crippen MR) is 149 cm³/mol. The molecule has 0 radical (unpaired) electrons. The zero-order valence-electron chi connectivity index (χ0n) is 22.4. The lowest BCUT2D eigenvalue weighted by atomic mass is 10.0. The van der Waals surface area contributed by atoms with Crippen LogP contribution in [0.1, 0.15) is 84.5 Å². The van der Waals surface area contributed by atoms with Crippen LogP contribution in [-0.2, 0) is 16.0 Å². The molecule has 0 spiro atoms. The first-order valence-electron chi connectivity index (χ1n) is 13.8. The van der Waals surface area contributed by atoms with Crippen LogP contribution < -0.4 is 4.90 Å². The summed E-state index contributed by atoms with van der Waals surface area (Å²) in [6, 6.07) is 11.3. The molecule has 2 heterocycles. The molecule has 1 fully saturated rings. The van der Waals surface area contributed by atoms with Gasteiger partial charge in [-0.15, -0.1) is 11.3 Å². The average molecular weight is 564 g/mol. The maximum absolute atomic E-state index is 12.7. The van der Waals surface area contributed by atoms with Crippen molar-refractivity contribution in [2.75, 3.05) is 18.1 Å². The van der Waals surface area contributed by atoms with E-state index in [4.69, 9.17) is 9.84 Å². The van der Waals surface area contributed by atoms with Gasteiger partial charge in [0.1, 0.15) is 29.8 Å². The van der Waals surface area contributed by atoms with Crippen LogP contribution >= 0.6 is 11.3 Å². The third-order valence-corrected chi connectivity index (χ3v) is 8.27. The zero-order chi connectivity index (χ0) is 28.4. The van der Waals surface area contributed by atoms with E-state index in [1.165, 1.54) is 11.3 Å². The van der Waals surface area contributed by atoms with Crippen molar-refractivity contribution in [1.29, 1.82) is 0 Å². The number of carbonyl (C=O) groups excluding carboxylic acids is 2. The maximum Gasteiger partial charge on any atom is 0.348 e. The van der Waals surface area contributed by atoms with Gasteiger partial charge in [-0.05, 0) is 61.9 Å². The van der Waals surface area contributed by atoms with E-state index in [9.17, 15) is 30.0 Å². The summed E-state index contributed by atoms with van der Waals surface area (Å²) in [4.78, 5) is 28.2. The highest BCUT2D eigenvalue weighted by molar-refractivity contribution is 7.13. The van der Waals surface area contributed by atoms with Gasteiger partial charge in [-0.2, -0.15) is 0 Å². The van der Waals surface area contributed by atoms with Gasteiger partial charge in [0.2, 0.25) is 5.91 Å². The Kier molecular flexibility index (Phi) is 12.4. The van der Waals surface area contributed by atoms with Crippen molar-refractivity contribution in [2.45, 2.75) is 95.2 Å². The summed E-state index contributed by atoms with van der Waals surface area (Å²) in [5.74, 6) is -0.529. The molecule has 3 unspecified atom stereocenters. The molecule has 5 atom stereocenters. The van der Waals surface area contributed by atoms with Crippen LogP contribution in [0.25, 0.3) is 0 Å². The number of hydrogen-bond donors (Lipinski definition) is 5. The lowest BCUT2D eigenvalue weighted by molar-refractivity contribution is -0.117. The van der Waals surface area contributed by atoms with Gasteiger partial charge in [0.25, 0.3) is 0 Å². The van der Waals surface area contributed by atoms with Crippen molar-refractivity contribution in [3.8, 4) is 0 Å². The van der Waals surface area contributed by atoms with Crippen molar-refractivity contribution in [2.24, 2.45) is 0 Å². The van der Waals surface area contributed by atoms with Crippen molar-refractivity contribution >= 4 is 28.9 Å². The summed E-state index contributed by atoms with van der Waals surface area (Å²) in [5, 5.41) is 48.1. The van der Waals surface area contributed by atoms with Crippen LogP contribution in [0.5, 0.6) is 0 Å². The summed E-state index contributed by atoms with van der Waals surface area (Å²) in [6.07, 6.45) is 2.49. The van der Waals surface area contributed by atoms with E-state index in [0.29, 0.717) is 11.3 Å². The number of aryl methyl sites for hydroxylation is 1. The summed E-state index contributed by atoms with van der Waals surface area (Å²) in [5.41, 5.74) is 1.73. The van der Waals surface area contributed by atoms with Crippen molar-refractivity contribution < 1.29 is 39.9 Å². The summed E-state index contributed by atoms with van der Waals surface area (Å²) in [6.45, 7) is 0.912. The van der Waals surface area contributed by atoms with Crippen molar-refractivity contribution in [1.82, 2.24) is 0 Å². The van der Waals surface area contributed by atoms with Gasteiger partial charge in [-0.3, -0.25) is 4.79 Å². The van der Waals surface area contributed by atoms with Gasteiger partial charge in [-0.1, -0.05) is 38.3 Å². The predicted octanol–water partition coefficient (Wildman–Crippen LogP) is 3.11. The average Bonchev–Trinajstić information content (AvgIpc) is 3.57. The molecule has 10 heteroatoms. The molecule has 1 aliphatic heterocycles. The van der Waals surface area contributed by atoms with E-state index in [0.717, 1.165) is 67.5 Å². The highest BCUT2D eigenvalue weighted by Gasteiger charge is 2.32. The largest absolute Gasteiger partial charge is 0.459 e. The first kappa shape index (κ1) is 31.2. The van der Waals surface area contributed by atoms with Gasteiger partial charge < -0.3 is 35.2 Å². The summed E-state index contributed by atoms with van der Waals surface area (Å²) in [7, 11) is 0. The zero-order valence-corrected chi connectivity index (χ0v) is 23.3. The van der Waals surface area contributed by atoms with Crippen LogP contribution in [-0.4, -0.2) is 75.0 Å². The number of aliphatic hydroxyl groups is 5. The number of amides is 1. The molecule has 2 aromatic rings. The second kappa shape index (κ2) is 15.4. The molecule has 3 rings (SSSR count). The van der Waals surface area contributed by atoms with E-state index in [2.05, 4.69) is 6.92 Å². The topological polar surface area (TPSA) is 148 Å². The molecule has 216 valence electrons. The molecule has 0 aliphatic carbocycles. The maximum atomic E-state index is 12.7. The van der Waals surface area contributed by atoms with E-state index >= 15 is 0 Å². The molecule has 1 aromatic carbocycles. The van der Waals surface area contributed by atoms with Crippen LogP contribution in [0.3, 0.4) is 0 Å². The summed E-state index contributed by atoms with van der Waals surface area (Å²) < 4.78 is 5.04. The molecule has 39 heavy (non-hydrogen) atoms. The molecule has 9 nitrogen and oxygen atoms in total. The van der Waals surface area contributed by atoms with Gasteiger partial charge >= 0.3 is 5.97 Å². The Morgan fingerprint density at radius 3 is 2.49 bits per heavy atom. The Morgan fingerprint density at radius 1 is 1.05 bits per heavy atom. The van der Waals surface area contributed by atoms with E-state index < -0.39 is 43.6 Å². The Balaban J connectivity index is 1.48. The van der Waals surface area contributed by atoms with Crippen molar-refractivity contribution in [3.63, 3.8) is 0 Å². The van der Waals surface area contributed by atoms with E-state index in [-0.39, 0.29) is 11.9 Å². The highest BCUT2D eigenvalue weighted by Crippen LogP contribution is 2.31. The first-order chi connectivity index (χ1) is 18.7. The fourth-order valence-corrected chi connectivity index (χ4v) is 5.76. The minimum atomic E-state index is -1.62. The number of rotatable bonds is 16. The fourth-order valence-electron chi connectivity index (χ4n) is 4.81. The number of carbonyl (C=O) groups is 2. The molecule has 1 amide bonds. The van der Waals surface area contributed by atoms with Gasteiger partial charge in [0, 0.05) is 23.0 Å². The van der Waals surface area contributed by atoms with Crippen LogP contribution in [0.15, 0.2) is 36.4 Å². The molecular weight excluding hydrogens is 522 g/mol. The smallest absolute Gasteiger partial charge is 0.348 e. The summed E-state index contributed by atoms with van der Waals surface area (Å²) >= 11 is 1.29. The standard InChI is InChI=1S/C29H41NO8S/c1-2-3-4-8-23(32)19-9-11-21(12-10-19)30-20(13-16-27(30)35)6-5-7-22-14-15-26(39-22)29(37)38-18-25(34)28(36)24(33)17-31/h9-12,14-15,20,23-25,28,31-34,36H,2-8,13,16-18H2,1H3/t20-,23-,24?,25?,28?/m0/s1. The number of benzene rings is 1. The second-order valence-corrected chi connectivity index (χ2v) is 11.3. The second-order valence-electron chi connectivity index (χ2n) is 10.1. The number of aliphatic hydroxyl groups excluding tert-OH is 5. The van der Waals surface area contributed by atoms with E-state index in [1.807, 2.05) is 35.2 Å². The minimum Gasteiger partial charge on any atom is -0.459 e. The lowest BCUT2D eigenvalue weighted by Crippen LogP contribution is -2.42. The van der Waals surface area contributed by atoms with Gasteiger partial charge in [-0.25, -0.2) is 4.79 Å². The highest BCUT2D eigenvalue weighted by atomic mass is 32.1. The number of esters is 1. The van der Waals surface area contributed by atoms with Gasteiger partial charge in [0.05, 0.1) is 12.7 Å². The number of anilines is 1. The number of ether oxygens (including phenoxy) is 1. The Bertz CT molecular complexity index is 1040. The molecule has 0 bridgehead atoms. The van der Waals surface area contributed by atoms with Gasteiger partial charge in [0.15, 0.2) is 0 Å². The lowest BCUT2D eigenvalue weighted by Gasteiger charge is -2.25. The van der Waals surface area contributed by atoms with Crippen LogP contribution in [0, 0.1) is 0 Å². The molecule has 0 saturated carbocycles. The third kappa shape index (κ3) is 8.83. The molecule has 1 aliphatic rings.